The van der Waals surface area contributed by atoms with Crippen LogP contribution in [0.5, 0.6) is 0 Å². The molecule has 10 atom stereocenters. The van der Waals surface area contributed by atoms with Gasteiger partial charge in [-0.05, 0) is 113 Å². The number of hydrogen-bond donors (Lipinski definition) is 2. The van der Waals surface area contributed by atoms with Gasteiger partial charge in [0.05, 0.1) is 37.3 Å². The lowest BCUT2D eigenvalue weighted by Gasteiger charge is -2.60. The first-order chi connectivity index (χ1) is 34.9. The van der Waals surface area contributed by atoms with Gasteiger partial charge in [0.25, 0.3) is 5.91 Å². The predicted molar refractivity (Wildman–Crippen MR) is 276 cm³/mol. The number of aromatic nitrogens is 3. The Morgan fingerprint density at radius 1 is 0.904 bits per heavy atom. The lowest BCUT2D eigenvalue weighted by Crippen LogP contribution is -2.64. The molecule has 5 aromatic rings. The third-order valence-corrected chi connectivity index (χ3v) is 19.2. The highest BCUT2D eigenvalue weighted by molar-refractivity contribution is 7.15. The van der Waals surface area contributed by atoms with Crippen molar-refractivity contribution in [1.29, 1.82) is 0 Å². The maximum absolute atomic E-state index is 14.2. The van der Waals surface area contributed by atoms with E-state index in [1.807, 2.05) is 67.8 Å². The Kier molecular flexibility index (Phi) is 12.0. The summed E-state index contributed by atoms with van der Waals surface area (Å²) in [6.45, 7) is 15.0. The molecule has 16 heteroatoms. The average Bonchev–Trinajstić information content (AvgIpc) is 4.22. The molecule has 2 N–H and O–H groups in total. The van der Waals surface area contributed by atoms with E-state index in [9.17, 15) is 24.0 Å². The van der Waals surface area contributed by atoms with Gasteiger partial charge in [-0.3, -0.25) is 33.5 Å². The van der Waals surface area contributed by atoms with Gasteiger partial charge in [-0.15, -0.1) is 21.5 Å². The van der Waals surface area contributed by atoms with Crippen molar-refractivity contribution in [2.45, 2.75) is 98.6 Å². The standard InChI is InChI=1S/C57H59ClN6O8S/c1-28-30(3)73-53-45(28)47(32-14-16-36(58)17-15-32)61-40(51-63-62-31(4)64(51)53)26-43(66)59-21-9-22-60-52(68)34-12-10-33(11-13-34)48-37(19-23-71-48)38-24-35-25-39-49-50-55(5,54(69)72-49)20-18-42(65)57(50,7)41(27-44(67)70-8)56(39,6)46(35)29(38)2/h10-20,23,35,38-41,49-50H,9,21-22,24-27H2,1-8H3,(H,59,66)(H,60,68)/t35-,38?,39+,40-,41-,49-,50-,55+,56+,57-/m0/s1. The van der Waals surface area contributed by atoms with Gasteiger partial charge in [0.15, 0.2) is 11.6 Å². The first-order valence-corrected chi connectivity index (χ1v) is 26.4. The van der Waals surface area contributed by atoms with Crippen LogP contribution in [0, 0.1) is 60.7 Å². The van der Waals surface area contributed by atoms with E-state index in [1.165, 1.54) is 18.3 Å². The number of halogens is 1. The van der Waals surface area contributed by atoms with Crippen LogP contribution in [0.25, 0.3) is 16.3 Å². The number of nitrogens with one attached hydrogen (secondary N) is 2. The number of esters is 2. The molecule has 11 rings (SSSR count). The van der Waals surface area contributed by atoms with Crippen LogP contribution in [0.4, 0.5) is 0 Å². The molecule has 0 spiro atoms. The van der Waals surface area contributed by atoms with Gasteiger partial charge in [0.2, 0.25) is 5.91 Å². The third-order valence-electron chi connectivity index (χ3n) is 17.8. The number of methoxy groups -OCH3 is 1. The number of carbonyl (C=O) groups is 5. The molecule has 1 saturated heterocycles. The second-order valence-electron chi connectivity index (χ2n) is 21.5. The number of carbonyl (C=O) groups excluding carboxylic acids is 5. The molecule has 5 heterocycles. The molecule has 3 aromatic heterocycles. The number of allylic oxidation sites excluding steroid dienone is 3. The summed E-state index contributed by atoms with van der Waals surface area (Å²) in [6, 6.07) is 16.4. The molecule has 6 aliphatic rings. The van der Waals surface area contributed by atoms with Crippen molar-refractivity contribution in [3.63, 3.8) is 0 Å². The summed E-state index contributed by atoms with van der Waals surface area (Å²) in [6.07, 6.45) is 6.75. The molecular weight excluding hydrogens is 964 g/mol. The normalized spacial score (nSPS) is 29.4. The van der Waals surface area contributed by atoms with E-state index >= 15 is 0 Å². The highest BCUT2D eigenvalue weighted by Gasteiger charge is 2.77. The second kappa shape index (κ2) is 17.9. The fourth-order valence-corrected chi connectivity index (χ4v) is 15.6. The van der Waals surface area contributed by atoms with Gasteiger partial charge in [-0.2, -0.15) is 0 Å². The van der Waals surface area contributed by atoms with Crippen molar-refractivity contribution < 1.29 is 37.9 Å². The van der Waals surface area contributed by atoms with Crippen molar-refractivity contribution in [2.24, 2.45) is 44.9 Å². The smallest absolute Gasteiger partial charge is 0.316 e. The molecule has 73 heavy (non-hydrogen) atoms. The Morgan fingerprint density at radius 3 is 2.37 bits per heavy atom. The molecule has 0 bridgehead atoms. The Bertz CT molecular complexity index is 3240. The first kappa shape index (κ1) is 48.8. The van der Waals surface area contributed by atoms with Crippen molar-refractivity contribution in [2.75, 3.05) is 20.2 Å². The molecule has 1 unspecified atom stereocenters. The van der Waals surface area contributed by atoms with Gasteiger partial charge in [-0.25, -0.2) is 0 Å². The summed E-state index contributed by atoms with van der Waals surface area (Å²) < 4.78 is 19.8. The Morgan fingerprint density at radius 2 is 1.63 bits per heavy atom. The van der Waals surface area contributed by atoms with Crippen LogP contribution in [-0.2, 0) is 28.7 Å². The van der Waals surface area contributed by atoms with Gasteiger partial charge < -0.3 is 24.5 Å². The van der Waals surface area contributed by atoms with E-state index in [1.54, 1.807) is 41.9 Å². The molecule has 2 aliphatic heterocycles. The Balaban J connectivity index is 0.748. The largest absolute Gasteiger partial charge is 0.469 e. The molecule has 2 aromatic carbocycles. The molecule has 2 amide bonds. The quantitative estimate of drug-likeness (QED) is 0.0693. The Labute approximate surface area is 433 Å². The minimum atomic E-state index is -1.03. The number of furan rings is 1. The van der Waals surface area contributed by atoms with Crippen LogP contribution in [-0.4, -0.2) is 76.3 Å². The topological polar surface area (TPSA) is 184 Å². The number of fused-ring (bicyclic) bond motifs is 7. The maximum atomic E-state index is 14.2. The van der Waals surface area contributed by atoms with Gasteiger partial charge in [0.1, 0.15) is 28.7 Å². The van der Waals surface area contributed by atoms with Crippen LogP contribution in [0.1, 0.15) is 121 Å². The number of aryl methyl sites for hydroxylation is 2. The summed E-state index contributed by atoms with van der Waals surface area (Å²) in [5.41, 5.74) is 5.99. The van der Waals surface area contributed by atoms with E-state index in [0.29, 0.717) is 35.9 Å². The summed E-state index contributed by atoms with van der Waals surface area (Å²) in [5, 5.41) is 16.5. The number of hydrogen-bond acceptors (Lipinski definition) is 12. The maximum Gasteiger partial charge on any atom is 0.316 e. The number of nitrogens with zero attached hydrogens (tertiary/aromatic N) is 4. The van der Waals surface area contributed by atoms with Gasteiger partial charge >= 0.3 is 11.9 Å². The molecule has 2 saturated carbocycles. The Hall–Kier alpha value is -6.45. The summed E-state index contributed by atoms with van der Waals surface area (Å²) in [7, 11) is 1.38. The SMILES string of the molecule is COC(=O)C[C@H]1[C@]2(C)C3=C(C)C(c4ccoc4-c4ccc(C(=O)NCCCNC(=O)C[C@@H]5N=C(c6ccc(Cl)cc6)c6c(sc(C)c6C)-n6c(C)nnc65)cc4)C[C@H]3C[C@@H]2[C@@H]2OC(=O)[C@]3(C)C=CC(=O)[C@@]1(C)[C@@H]23. The van der Waals surface area contributed by atoms with Crippen LogP contribution < -0.4 is 10.6 Å². The number of rotatable bonds is 12. The van der Waals surface area contributed by atoms with Crippen molar-refractivity contribution >= 4 is 58.2 Å². The zero-order valence-electron chi connectivity index (χ0n) is 42.3. The zero-order valence-corrected chi connectivity index (χ0v) is 43.8. The zero-order chi connectivity index (χ0) is 51.5. The van der Waals surface area contributed by atoms with Crippen molar-refractivity contribution in [1.82, 2.24) is 25.4 Å². The lowest BCUT2D eigenvalue weighted by atomic mass is 9.41. The van der Waals surface area contributed by atoms with Crippen molar-refractivity contribution in [3.05, 3.63) is 134 Å². The lowest BCUT2D eigenvalue weighted by molar-refractivity contribution is -0.172. The number of amides is 2. The summed E-state index contributed by atoms with van der Waals surface area (Å²) in [4.78, 5) is 74.5. The summed E-state index contributed by atoms with van der Waals surface area (Å²) >= 11 is 7.93. The van der Waals surface area contributed by atoms with Crippen LogP contribution >= 0.6 is 22.9 Å². The minimum Gasteiger partial charge on any atom is -0.469 e. The van der Waals surface area contributed by atoms with Gasteiger partial charge in [0, 0.05) is 74.0 Å². The highest BCUT2D eigenvalue weighted by Crippen LogP contribution is 2.75. The van der Waals surface area contributed by atoms with E-state index in [4.69, 9.17) is 30.5 Å². The number of benzene rings is 2. The van der Waals surface area contributed by atoms with Crippen LogP contribution in [0.15, 0.2) is 93.6 Å². The average molecular weight is 1020 g/mol. The molecule has 378 valence electrons. The summed E-state index contributed by atoms with van der Waals surface area (Å²) in [5.74, 6) is 0.163. The number of aliphatic imine (C=N–C) groups is 1. The van der Waals surface area contributed by atoms with Crippen LogP contribution in [0.3, 0.4) is 0 Å². The number of ketones is 1. The van der Waals surface area contributed by atoms with E-state index in [-0.39, 0.29) is 66.0 Å². The first-order valence-electron chi connectivity index (χ1n) is 25.2. The highest BCUT2D eigenvalue weighted by atomic mass is 35.5. The van der Waals surface area contributed by atoms with Crippen molar-refractivity contribution in [3.8, 4) is 16.3 Å². The molecular formula is C57H59ClN6O8S. The fraction of sp³-hybridized carbons (Fsp3) is 0.439. The van der Waals surface area contributed by atoms with E-state index in [0.717, 1.165) is 67.8 Å². The third kappa shape index (κ3) is 7.45. The second-order valence-corrected chi connectivity index (χ2v) is 23.1. The van der Waals surface area contributed by atoms with Gasteiger partial charge in [-0.1, -0.05) is 66.9 Å². The molecule has 14 nitrogen and oxygen atoms in total. The van der Waals surface area contributed by atoms with E-state index in [2.05, 4.69) is 48.5 Å². The minimum absolute atomic E-state index is 0.0107. The number of ether oxygens (including phenoxy) is 2. The van der Waals surface area contributed by atoms with E-state index < -0.39 is 34.3 Å². The fourth-order valence-electron chi connectivity index (χ4n) is 14.3. The predicted octanol–water partition coefficient (Wildman–Crippen LogP) is 9.72. The molecule has 3 fully saturated rings. The van der Waals surface area contributed by atoms with Crippen LogP contribution in [0.2, 0.25) is 5.02 Å². The monoisotopic (exact) mass is 1020 g/mol. The number of thiophene rings is 1. The molecule has 0 radical (unpaired) electrons. The molecule has 4 aliphatic carbocycles.